The van der Waals surface area contributed by atoms with Gasteiger partial charge in [-0.15, -0.1) is 0 Å². The molecule has 0 unspecified atom stereocenters. The van der Waals surface area contributed by atoms with E-state index in [1.807, 2.05) is 31.2 Å². The molecule has 0 saturated heterocycles. The quantitative estimate of drug-likeness (QED) is 0.789. The number of nitrogens with one attached hydrogen (secondary N) is 2. The molecule has 0 aliphatic rings. The summed E-state index contributed by atoms with van der Waals surface area (Å²) in [5.41, 5.74) is 2.48. The van der Waals surface area contributed by atoms with Crippen molar-refractivity contribution in [2.75, 3.05) is 10.6 Å². The fraction of sp³-hybridized carbons (Fsp3) is 0.0714. The first-order valence-corrected chi connectivity index (χ1v) is 6.81. The maximum Gasteiger partial charge on any atom is 0.323 e. The summed E-state index contributed by atoms with van der Waals surface area (Å²) in [4.78, 5) is 11.8. The van der Waals surface area contributed by atoms with Crippen LogP contribution in [0.2, 0.25) is 5.02 Å². The Bertz CT molecular complexity index is 616. The molecule has 0 spiro atoms. The van der Waals surface area contributed by atoms with Crippen LogP contribution in [0, 0.1) is 6.92 Å². The Kier molecular flexibility index (Phi) is 4.45. The molecule has 0 fully saturated rings. The van der Waals surface area contributed by atoms with E-state index in [0.717, 1.165) is 15.7 Å². The molecule has 2 amide bonds. The van der Waals surface area contributed by atoms with Crippen LogP contribution in [0.1, 0.15) is 5.56 Å². The number of rotatable bonds is 2. The van der Waals surface area contributed by atoms with Gasteiger partial charge in [-0.1, -0.05) is 23.7 Å². The predicted octanol–water partition coefficient (Wildman–Crippen LogP) is 5.05. The molecule has 2 aromatic rings. The largest absolute Gasteiger partial charge is 0.323 e. The minimum Gasteiger partial charge on any atom is -0.308 e. The highest BCUT2D eigenvalue weighted by molar-refractivity contribution is 9.10. The molecule has 0 aromatic heterocycles. The highest BCUT2D eigenvalue weighted by atomic mass is 79.9. The number of aryl methyl sites for hydroxylation is 1. The zero-order chi connectivity index (χ0) is 13.8. The number of hydrogen-bond donors (Lipinski definition) is 2. The smallest absolute Gasteiger partial charge is 0.308 e. The van der Waals surface area contributed by atoms with E-state index in [4.69, 9.17) is 11.6 Å². The van der Waals surface area contributed by atoms with Gasteiger partial charge in [-0.2, -0.15) is 0 Å². The Morgan fingerprint density at radius 1 is 1.11 bits per heavy atom. The summed E-state index contributed by atoms with van der Waals surface area (Å²) in [7, 11) is 0. The molecule has 2 aromatic carbocycles. The molecule has 2 rings (SSSR count). The second-order valence-electron chi connectivity index (χ2n) is 4.08. The number of anilines is 2. The van der Waals surface area contributed by atoms with Crippen molar-refractivity contribution >= 4 is 44.9 Å². The predicted molar refractivity (Wildman–Crippen MR) is 83.0 cm³/mol. The third kappa shape index (κ3) is 3.98. The summed E-state index contributed by atoms with van der Waals surface area (Å²) in [6.45, 7) is 1.97. The van der Waals surface area contributed by atoms with Crippen molar-refractivity contribution in [3.63, 3.8) is 0 Å². The van der Waals surface area contributed by atoms with Crippen LogP contribution in [0.15, 0.2) is 46.9 Å². The normalized spacial score (nSPS) is 10.1. The van der Waals surface area contributed by atoms with Crippen LogP contribution in [0.5, 0.6) is 0 Å². The standard InChI is InChI=1S/C14H12BrClN2O/c1-9-3-2-4-10(7-9)17-14(19)18-11-5-6-12(15)13(16)8-11/h2-8H,1H3,(H2,17,18,19). The Hall–Kier alpha value is -1.52. The topological polar surface area (TPSA) is 41.1 Å². The zero-order valence-corrected chi connectivity index (χ0v) is 12.5. The molecule has 0 aliphatic carbocycles. The first-order chi connectivity index (χ1) is 9.04. The van der Waals surface area contributed by atoms with E-state index in [2.05, 4.69) is 26.6 Å². The average Bonchev–Trinajstić information content (AvgIpc) is 2.34. The number of carbonyl (C=O) groups is 1. The van der Waals surface area contributed by atoms with E-state index in [0.29, 0.717) is 10.7 Å². The third-order valence-corrected chi connectivity index (χ3v) is 3.69. The second-order valence-corrected chi connectivity index (χ2v) is 5.34. The van der Waals surface area contributed by atoms with E-state index in [1.165, 1.54) is 0 Å². The van der Waals surface area contributed by atoms with Crippen molar-refractivity contribution < 1.29 is 4.79 Å². The van der Waals surface area contributed by atoms with E-state index in [1.54, 1.807) is 18.2 Å². The molecule has 2 N–H and O–H groups in total. The number of benzene rings is 2. The second kappa shape index (κ2) is 6.08. The molecular weight excluding hydrogens is 328 g/mol. The van der Waals surface area contributed by atoms with Gasteiger partial charge in [0.25, 0.3) is 0 Å². The summed E-state index contributed by atoms with van der Waals surface area (Å²) >= 11 is 9.26. The number of amides is 2. The van der Waals surface area contributed by atoms with Gasteiger partial charge in [-0.05, 0) is 58.7 Å². The molecule has 5 heteroatoms. The van der Waals surface area contributed by atoms with Crippen molar-refractivity contribution in [3.8, 4) is 0 Å². The lowest BCUT2D eigenvalue weighted by atomic mass is 10.2. The minimum absolute atomic E-state index is 0.302. The highest BCUT2D eigenvalue weighted by Crippen LogP contribution is 2.25. The van der Waals surface area contributed by atoms with Crippen LogP contribution in [0.25, 0.3) is 0 Å². The molecule has 0 heterocycles. The van der Waals surface area contributed by atoms with Crippen molar-refractivity contribution in [3.05, 3.63) is 57.5 Å². The molecule has 19 heavy (non-hydrogen) atoms. The average molecular weight is 340 g/mol. The van der Waals surface area contributed by atoms with Gasteiger partial charge >= 0.3 is 6.03 Å². The molecular formula is C14H12BrClN2O. The molecule has 98 valence electrons. The molecule has 0 bridgehead atoms. The number of hydrogen-bond acceptors (Lipinski definition) is 1. The fourth-order valence-electron chi connectivity index (χ4n) is 1.59. The van der Waals surface area contributed by atoms with E-state index in [-0.39, 0.29) is 6.03 Å². The fourth-order valence-corrected chi connectivity index (χ4v) is 2.02. The van der Waals surface area contributed by atoms with E-state index >= 15 is 0 Å². The van der Waals surface area contributed by atoms with Gasteiger partial charge in [0.15, 0.2) is 0 Å². The van der Waals surface area contributed by atoms with Gasteiger partial charge in [0.05, 0.1) is 5.02 Å². The van der Waals surface area contributed by atoms with Crippen molar-refractivity contribution in [2.45, 2.75) is 6.92 Å². The molecule has 0 radical (unpaired) electrons. The summed E-state index contributed by atoms with van der Waals surface area (Å²) in [5, 5.41) is 6.03. The third-order valence-electron chi connectivity index (χ3n) is 2.45. The summed E-state index contributed by atoms with van der Waals surface area (Å²) in [6, 6.07) is 12.5. The zero-order valence-electron chi connectivity index (χ0n) is 10.2. The van der Waals surface area contributed by atoms with Crippen molar-refractivity contribution in [1.82, 2.24) is 0 Å². The lowest BCUT2D eigenvalue weighted by molar-refractivity contribution is 0.262. The number of carbonyl (C=O) groups excluding carboxylic acids is 1. The van der Waals surface area contributed by atoms with Gasteiger partial charge in [-0.3, -0.25) is 0 Å². The van der Waals surface area contributed by atoms with Crippen molar-refractivity contribution in [1.29, 1.82) is 0 Å². The van der Waals surface area contributed by atoms with Gasteiger partial charge in [0, 0.05) is 15.8 Å². The number of urea groups is 1. The lowest BCUT2D eigenvalue weighted by Crippen LogP contribution is -2.19. The first kappa shape index (κ1) is 13.9. The van der Waals surface area contributed by atoms with Crippen LogP contribution in [-0.2, 0) is 0 Å². The van der Waals surface area contributed by atoms with Crippen LogP contribution in [-0.4, -0.2) is 6.03 Å². The van der Waals surface area contributed by atoms with E-state index < -0.39 is 0 Å². The van der Waals surface area contributed by atoms with Gasteiger partial charge in [-0.25, -0.2) is 4.79 Å². The SMILES string of the molecule is Cc1cccc(NC(=O)Nc2ccc(Br)c(Cl)c2)c1. The lowest BCUT2D eigenvalue weighted by Gasteiger charge is -2.08. The molecule has 3 nitrogen and oxygen atoms in total. The van der Waals surface area contributed by atoms with Gasteiger partial charge in [0.2, 0.25) is 0 Å². The minimum atomic E-state index is -0.302. The highest BCUT2D eigenvalue weighted by Gasteiger charge is 2.04. The van der Waals surface area contributed by atoms with Crippen LogP contribution < -0.4 is 10.6 Å². The Morgan fingerprint density at radius 2 is 1.79 bits per heavy atom. The molecule has 0 aliphatic heterocycles. The monoisotopic (exact) mass is 338 g/mol. The Balaban J connectivity index is 2.03. The molecule has 0 atom stereocenters. The summed E-state index contributed by atoms with van der Waals surface area (Å²) < 4.78 is 0.791. The van der Waals surface area contributed by atoms with Gasteiger partial charge < -0.3 is 10.6 Å². The molecule has 0 saturated carbocycles. The number of halogens is 2. The van der Waals surface area contributed by atoms with Crippen LogP contribution in [0.4, 0.5) is 16.2 Å². The van der Waals surface area contributed by atoms with Crippen LogP contribution >= 0.6 is 27.5 Å². The van der Waals surface area contributed by atoms with Crippen LogP contribution in [0.3, 0.4) is 0 Å². The van der Waals surface area contributed by atoms with Crippen molar-refractivity contribution in [2.24, 2.45) is 0 Å². The van der Waals surface area contributed by atoms with Gasteiger partial charge in [0.1, 0.15) is 0 Å². The maximum absolute atomic E-state index is 11.8. The summed E-state index contributed by atoms with van der Waals surface area (Å²) in [6.07, 6.45) is 0. The Morgan fingerprint density at radius 3 is 2.42 bits per heavy atom. The van der Waals surface area contributed by atoms with E-state index in [9.17, 15) is 4.79 Å². The first-order valence-electron chi connectivity index (χ1n) is 5.64. The maximum atomic E-state index is 11.8. The summed E-state index contributed by atoms with van der Waals surface area (Å²) in [5.74, 6) is 0. The Labute approximate surface area is 125 Å².